The van der Waals surface area contributed by atoms with Gasteiger partial charge in [-0.25, -0.2) is 4.98 Å². The maximum atomic E-state index is 5.96. The van der Waals surface area contributed by atoms with Gasteiger partial charge < -0.3 is 4.90 Å². The van der Waals surface area contributed by atoms with Crippen molar-refractivity contribution in [1.29, 1.82) is 0 Å². The number of alkyl halides is 1. The second kappa shape index (κ2) is 4.92. The molecule has 1 aliphatic carbocycles. The van der Waals surface area contributed by atoms with Crippen molar-refractivity contribution < 1.29 is 0 Å². The van der Waals surface area contributed by atoms with Crippen LogP contribution in [0.25, 0.3) is 0 Å². The molecule has 0 aromatic carbocycles. The summed E-state index contributed by atoms with van der Waals surface area (Å²) < 4.78 is 0.986. The highest BCUT2D eigenvalue weighted by Crippen LogP contribution is 2.36. The molecule has 1 saturated carbocycles. The van der Waals surface area contributed by atoms with Gasteiger partial charge in [0.15, 0.2) is 0 Å². The second-order valence-corrected chi connectivity index (χ2v) is 5.64. The van der Waals surface area contributed by atoms with Gasteiger partial charge in [0, 0.05) is 29.3 Å². The number of hydrogen-bond donors (Lipinski definition) is 0. The van der Waals surface area contributed by atoms with Crippen molar-refractivity contribution in [3.05, 3.63) is 22.3 Å². The third-order valence-electron chi connectivity index (χ3n) is 3.30. The molecule has 1 heterocycles. The smallest absolute Gasteiger partial charge is 0.133 e. The Morgan fingerprint density at radius 1 is 1.62 bits per heavy atom. The molecule has 1 atom stereocenters. The van der Waals surface area contributed by atoms with Gasteiger partial charge in [-0.3, -0.25) is 0 Å². The first-order valence-corrected chi connectivity index (χ1v) is 6.89. The number of anilines is 1. The number of aromatic nitrogens is 1. The molecule has 0 saturated heterocycles. The first kappa shape index (κ1) is 12.2. The maximum Gasteiger partial charge on any atom is 0.133 e. The molecule has 1 aliphatic rings. The second-order valence-electron chi connectivity index (χ2n) is 4.46. The number of hydrogen-bond acceptors (Lipinski definition) is 2. The zero-order valence-corrected chi connectivity index (χ0v) is 11.9. The molecule has 0 N–H and O–H groups in total. The number of nitrogens with zero attached hydrogens (tertiary/aromatic N) is 2. The Kier molecular flexibility index (Phi) is 3.75. The summed E-state index contributed by atoms with van der Waals surface area (Å²) in [5.74, 6) is 2.35. The lowest BCUT2D eigenvalue weighted by molar-refractivity contribution is 0.602. The van der Waals surface area contributed by atoms with Gasteiger partial charge in [0.25, 0.3) is 0 Å². The van der Waals surface area contributed by atoms with E-state index < -0.39 is 0 Å². The molecule has 2 nitrogen and oxygen atoms in total. The van der Waals surface area contributed by atoms with Crippen LogP contribution in [0.1, 0.15) is 25.3 Å². The lowest BCUT2D eigenvalue weighted by Crippen LogP contribution is -2.32. The molecular formula is C12H16BrClN2. The van der Waals surface area contributed by atoms with Gasteiger partial charge in [0.1, 0.15) is 5.82 Å². The van der Waals surface area contributed by atoms with Crippen molar-refractivity contribution in [3.63, 3.8) is 0 Å². The average molecular weight is 304 g/mol. The fraction of sp³-hybridized carbons (Fsp3) is 0.583. The largest absolute Gasteiger partial charge is 0.356 e. The minimum Gasteiger partial charge on any atom is -0.356 e. The van der Waals surface area contributed by atoms with Crippen LogP contribution >= 0.6 is 27.5 Å². The third-order valence-corrected chi connectivity index (χ3v) is 4.02. The molecule has 0 aliphatic heterocycles. The summed E-state index contributed by atoms with van der Waals surface area (Å²) in [5, 5.41) is 0. The summed E-state index contributed by atoms with van der Waals surface area (Å²) in [6.07, 6.45) is 4.53. The minimum atomic E-state index is 0.503. The number of rotatable bonds is 4. The molecule has 16 heavy (non-hydrogen) atoms. The summed E-state index contributed by atoms with van der Waals surface area (Å²) in [5.41, 5.74) is 1.09. The molecule has 88 valence electrons. The Bertz CT molecular complexity index is 379. The zero-order valence-electron chi connectivity index (χ0n) is 9.58. The number of pyridine rings is 1. The standard InChI is InChI=1S/C12H16BrClN2/c1-8(9-3-4-9)16(2)12-10(6-14)5-11(13)7-15-12/h5,7-9H,3-4,6H2,1-2H3. The number of halogens is 2. The average Bonchev–Trinajstić information content (AvgIpc) is 3.10. The molecule has 1 aromatic heterocycles. The van der Waals surface area contributed by atoms with E-state index in [1.54, 1.807) is 0 Å². The summed E-state index contributed by atoms with van der Waals surface area (Å²) in [6, 6.07) is 2.60. The van der Waals surface area contributed by atoms with E-state index in [1.807, 2.05) is 12.3 Å². The molecule has 2 rings (SSSR count). The fourth-order valence-corrected chi connectivity index (χ4v) is 2.55. The van der Waals surface area contributed by atoms with E-state index in [-0.39, 0.29) is 0 Å². The third kappa shape index (κ3) is 2.51. The molecule has 0 spiro atoms. The van der Waals surface area contributed by atoms with Crippen molar-refractivity contribution in [1.82, 2.24) is 4.98 Å². The lowest BCUT2D eigenvalue weighted by Gasteiger charge is -2.27. The van der Waals surface area contributed by atoms with Crippen LogP contribution in [0, 0.1) is 5.92 Å². The molecule has 0 radical (unpaired) electrons. The van der Waals surface area contributed by atoms with Gasteiger partial charge in [0.05, 0.1) is 5.88 Å². The first-order chi connectivity index (χ1) is 7.63. The first-order valence-electron chi connectivity index (χ1n) is 5.56. The van der Waals surface area contributed by atoms with E-state index in [9.17, 15) is 0 Å². The molecule has 1 aromatic rings. The van der Waals surface area contributed by atoms with Crippen LogP contribution in [-0.4, -0.2) is 18.1 Å². The molecule has 1 fully saturated rings. The summed E-state index contributed by atoms with van der Waals surface area (Å²) >= 11 is 9.39. The topological polar surface area (TPSA) is 16.1 Å². The van der Waals surface area contributed by atoms with Crippen molar-refractivity contribution in [2.24, 2.45) is 5.92 Å². The van der Waals surface area contributed by atoms with E-state index in [1.165, 1.54) is 12.8 Å². The van der Waals surface area contributed by atoms with Crippen LogP contribution in [0.2, 0.25) is 0 Å². The van der Waals surface area contributed by atoms with Crippen LogP contribution in [0.4, 0.5) is 5.82 Å². The highest BCUT2D eigenvalue weighted by molar-refractivity contribution is 9.10. The van der Waals surface area contributed by atoms with E-state index >= 15 is 0 Å². The van der Waals surface area contributed by atoms with Gasteiger partial charge in [-0.15, -0.1) is 11.6 Å². The van der Waals surface area contributed by atoms with Gasteiger partial charge in [0.2, 0.25) is 0 Å². The SMILES string of the molecule is CC(C1CC1)N(C)c1ncc(Br)cc1CCl. The Labute approximate surface area is 110 Å². The van der Waals surface area contributed by atoms with Crippen LogP contribution in [0.3, 0.4) is 0 Å². The monoisotopic (exact) mass is 302 g/mol. The minimum absolute atomic E-state index is 0.503. The molecule has 4 heteroatoms. The Balaban J connectivity index is 2.23. The fourth-order valence-electron chi connectivity index (χ4n) is 1.98. The van der Waals surface area contributed by atoms with Crippen molar-refractivity contribution in [3.8, 4) is 0 Å². The Hall–Kier alpha value is -0.280. The van der Waals surface area contributed by atoms with E-state index in [2.05, 4.69) is 39.8 Å². The van der Waals surface area contributed by atoms with Gasteiger partial charge in [-0.2, -0.15) is 0 Å². The zero-order chi connectivity index (χ0) is 11.7. The predicted molar refractivity (Wildman–Crippen MR) is 72.1 cm³/mol. The Morgan fingerprint density at radius 2 is 2.31 bits per heavy atom. The summed E-state index contributed by atoms with van der Waals surface area (Å²) in [4.78, 5) is 6.73. The van der Waals surface area contributed by atoms with Crippen molar-refractivity contribution in [2.75, 3.05) is 11.9 Å². The molecule has 0 amide bonds. The van der Waals surface area contributed by atoms with E-state index in [0.717, 1.165) is 21.8 Å². The highest BCUT2D eigenvalue weighted by atomic mass is 79.9. The lowest BCUT2D eigenvalue weighted by atomic mass is 10.1. The quantitative estimate of drug-likeness (QED) is 0.786. The maximum absolute atomic E-state index is 5.96. The van der Waals surface area contributed by atoms with Crippen molar-refractivity contribution in [2.45, 2.75) is 31.7 Å². The van der Waals surface area contributed by atoms with E-state index in [0.29, 0.717) is 11.9 Å². The molecule has 0 bridgehead atoms. The molecule has 1 unspecified atom stereocenters. The van der Waals surface area contributed by atoms with Gasteiger partial charge in [-0.05, 0) is 47.7 Å². The van der Waals surface area contributed by atoms with Crippen LogP contribution in [-0.2, 0) is 5.88 Å². The van der Waals surface area contributed by atoms with E-state index in [4.69, 9.17) is 11.6 Å². The van der Waals surface area contributed by atoms with Gasteiger partial charge >= 0.3 is 0 Å². The van der Waals surface area contributed by atoms with Crippen molar-refractivity contribution >= 4 is 33.3 Å². The normalized spacial score (nSPS) is 17.2. The Morgan fingerprint density at radius 3 is 2.88 bits per heavy atom. The van der Waals surface area contributed by atoms with Crippen LogP contribution in [0.5, 0.6) is 0 Å². The van der Waals surface area contributed by atoms with Gasteiger partial charge in [-0.1, -0.05) is 0 Å². The van der Waals surface area contributed by atoms with Crippen LogP contribution < -0.4 is 4.90 Å². The summed E-state index contributed by atoms with van der Waals surface area (Å²) in [6.45, 7) is 2.26. The molecular weight excluding hydrogens is 288 g/mol. The summed E-state index contributed by atoms with van der Waals surface area (Å²) in [7, 11) is 2.11. The van der Waals surface area contributed by atoms with Crippen LogP contribution in [0.15, 0.2) is 16.7 Å². The highest BCUT2D eigenvalue weighted by Gasteiger charge is 2.31. The predicted octanol–water partition coefficient (Wildman–Crippen LogP) is 3.82.